The Morgan fingerprint density at radius 2 is 1.78 bits per heavy atom. The molecule has 1 atom stereocenters. The fourth-order valence-corrected chi connectivity index (χ4v) is 3.17. The summed E-state index contributed by atoms with van der Waals surface area (Å²) in [5.41, 5.74) is 9.37. The number of anilines is 1. The molecule has 0 saturated carbocycles. The molecule has 0 spiro atoms. The number of nitrogens with zero attached hydrogens (tertiary/aromatic N) is 3. The monoisotopic (exact) mass is 358 g/mol. The lowest BCUT2D eigenvalue weighted by atomic mass is 10.0. The summed E-state index contributed by atoms with van der Waals surface area (Å²) in [6.45, 7) is 2.14. The van der Waals surface area contributed by atoms with Crippen LogP contribution < -0.4 is 10.5 Å². The van der Waals surface area contributed by atoms with E-state index >= 15 is 0 Å². The van der Waals surface area contributed by atoms with Gasteiger partial charge in [-0.1, -0.05) is 48.5 Å². The Morgan fingerprint density at radius 1 is 0.963 bits per heavy atom. The molecule has 0 saturated heterocycles. The van der Waals surface area contributed by atoms with Crippen molar-refractivity contribution in [3.05, 3.63) is 89.6 Å². The van der Waals surface area contributed by atoms with E-state index in [1.54, 1.807) is 6.20 Å². The molecule has 136 valence electrons. The van der Waals surface area contributed by atoms with Crippen molar-refractivity contribution in [2.75, 3.05) is 12.3 Å². The van der Waals surface area contributed by atoms with E-state index in [0.29, 0.717) is 12.4 Å². The predicted molar refractivity (Wildman–Crippen MR) is 108 cm³/mol. The van der Waals surface area contributed by atoms with Crippen LogP contribution in [0.4, 0.5) is 5.82 Å². The Morgan fingerprint density at radius 3 is 2.56 bits per heavy atom. The Bertz CT molecular complexity index is 909. The van der Waals surface area contributed by atoms with Crippen LogP contribution in [0.2, 0.25) is 0 Å². The van der Waals surface area contributed by atoms with Crippen molar-refractivity contribution in [2.24, 2.45) is 5.10 Å². The molecule has 0 amide bonds. The molecular weight excluding hydrogens is 336 g/mol. The van der Waals surface area contributed by atoms with Gasteiger partial charge in [-0.2, -0.15) is 5.10 Å². The van der Waals surface area contributed by atoms with Crippen molar-refractivity contribution in [3.8, 4) is 5.75 Å². The van der Waals surface area contributed by atoms with Gasteiger partial charge in [-0.15, -0.1) is 0 Å². The lowest BCUT2D eigenvalue weighted by molar-refractivity contribution is 0.299. The van der Waals surface area contributed by atoms with Gasteiger partial charge in [0.25, 0.3) is 0 Å². The maximum atomic E-state index is 5.98. The molecule has 4 rings (SSSR count). The van der Waals surface area contributed by atoms with Crippen molar-refractivity contribution < 1.29 is 4.74 Å². The normalized spacial score (nSPS) is 15.9. The third-order valence-electron chi connectivity index (χ3n) is 4.62. The molecule has 2 aromatic carbocycles. The van der Waals surface area contributed by atoms with Gasteiger partial charge in [-0.3, -0.25) is 5.01 Å². The summed E-state index contributed by atoms with van der Waals surface area (Å²) in [6, 6.07) is 22.3. The van der Waals surface area contributed by atoms with E-state index in [1.807, 2.05) is 48.7 Å². The molecule has 2 N–H and O–H groups in total. The van der Waals surface area contributed by atoms with E-state index < -0.39 is 0 Å². The number of pyridine rings is 1. The molecular formula is C22H22N4O. The van der Waals surface area contributed by atoms with Crippen molar-refractivity contribution in [1.82, 2.24) is 9.99 Å². The van der Waals surface area contributed by atoms with Crippen LogP contribution in [0, 0.1) is 0 Å². The number of nitrogens with two attached hydrogens (primary N) is 1. The number of hydrogen-bond acceptors (Lipinski definition) is 5. The third-order valence-corrected chi connectivity index (χ3v) is 4.62. The molecule has 1 aromatic heterocycles. The molecule has 2 heterocycles. The molecule has 27 heavy (non-hydrogen) atoms. The summed E-state index contributed by atoms with van der Waals surface area (Å²) in [5, 5.41) is 6.57. The van der Waals surface area contributed by atoms with Crippen LogP contribution in [-0.4, -0.2) is 22.8 Å². The van der Waals surface area contributed by atoms with E-state index in [-0.39, 0.29) is 5.92 Å². The maximum absolute atomic E-state index is 5.98. The molecule has 0 bridgehead atoms. The number of benzene rings is 2. The summed E-state index contributed by atoms with van der Waals surface area (Å²) in [6.07, 6.45) is 3.66. The lowest BCUT2D eigenvalue weighted by Crippen LogP contribution is -2.18. The second-order valence-corrected chi connectivity index (χ2v) is 6.61. The van der Waals surface area contributed by atoms with Gasteiger partial charge in [0.15, 0.2) is 0 Å². The number of hydrogen-bond donors (Lipinski definition) is 1. The van der Waals surface area contributed by atoms with E-state index in [2.05, 4.69) is 39.4 Å². The molecule has 1 aliphatic heterocycles. The van der Waals surface area contributed by atoms with Crippen LogP contribution in [0.5, 0.6) is 5.75 Å². The molecule has 0 aliphatic carbocycles. The molecule has 3 aromatic rings. The molecule has 0 fully saturated rings. The largest absolute Gasteiger partial charge is 0.489 e. The van der Waals surface area contributed by atoms with Gasteiger partial charge in [0.05, 0.1) is 6.54 Å². The van der Waals surface area contributed by atoms with Crippen molar-refractivity contribution in [2.45, 2.75) is 19.1 Å². The van der Waals surface area contributed by atoms with Gasteiger partial charge in [-0.05, 0) is 29.3 Å². The highest BCUT2D eigenvalue weighted by Gasteiger charge is 2.21. The van der Waals surface area contributed by atoms with Crippen molar-refractivity contribution in [3.63, 3.8) is 0 Å². The standard InChI is InChI=1S/C22H22N4O/c23-22-21(7-4-12-24-22)19-13-25-26(15-19)14-17-8-10-20(11-9-17)27-16-18-5-2-1-3-6-18/h1-13,19H,14-16H2,(H2,23,24). The quantitative estimate of drug-likeness (QED) is 0.727. The second kappa shape index (κ2) is 7.91. The highest BCUT2D eigenvalue weighted by Crippen LogP contribution is 2.25. The van der Waals surface area contributed by atoms with Gasteiger partial charge < -0.3 is 10.5 Å². The molecule has 1 aliphatic rings. The Kier molecular flexibility index (Phi) is 5.01. The SMILES string of the molecule is Nc1ncccc1C1C=NN(Cc2ccc(OCc3ccccc3)cc2)C1. The maximum Gasteiger partial charge on any atom is 0.127 e. The van der Waals surface area contributed by atoms with E-state index in [1.165, 1.54) is 5.56 Å². The van der Waals surface area contributed by atoms with Crippen LogP contribution in [0.25, 0.3) is 0 Å². The lowest BCUT2D eigenvalue weighted by Gasteiger charge is -2.17. The zero-order valence-electron chi connectivity index (χ0n) is 15.0. The van der Waals surface area contributed by atoms with Crippen LogP contribution >= 0.6 is 0 Å². The Labute approximate surface area is 159 Å². The van der Waals surface area contributed by atoms with Gasteiger partial charge in [0, 0.05) is 30.4 Å². The Balaban J connectivity index is 1.31. The van der Waals surface area contributed by atoms with Gasteiger partial charge >= 0.3 is 0 Å². The van der Waals surface area contributed by atoms with Crippen LogP contribution in [0.3, 0.4) is 0 Å². The first-order chi connectivity index (χ1) is 13.3. The fourth-order valence-electron chi connectivity index (χ4n) is 3.17. The number of nitrogen functional groups attached to an aromatic ring is 1. The highest BCUT2D eigenvalue weighted by molar-refractivity contribution is 5.72. The number of ether oxygens (including phenoxy) is 1. The minimum Gasteiger partial charge on any atom is -0.489 e. The van der Waals surface area contributed by atoms with Crippen LogP contribution in [0.1, 0.15) is 22.6 Å². The first-order valence-corrected chi connectivity index (χ1v) is 9.03. The highest BCUT2D eigenvalue weighted by atomic mass is 16.5. The molecule has 5 heteroatoms. The minimum atomic E-state index is 0.187. The summed E-state index contributed by atoms with van der Waals surface area (Å²) < 4.78 is 5.84. The van der Waals surface area contributed by atoms with Gasteiger partial charge in [0.2, 0.25) is 0 Å². The number of aromatic nitrogens is 1. The third kappa shape index (κ3) is 4.26. The Hall–Kier alpha value is -3.34. The summed E-state index contributed by atoms with van der Waals surface area (Å²) in [4.78, 5) is 4.17. The minimum absolute atomic E-state index is 0.187. The average molecular weight is 358 g/mol. The fraction of sp³-hybridized carbons (Fsp3) is 0.182. The van der Waals surface area contributed by atoms with E-state index in [9.17, 15) is 0 Å². The van der Waals surface area contributed by atoms with Crippen LogP contribution in [-0.2, 0) is 13.2 Å². The van der Waals surface area contributed by atoms with Crippen molar-refractivity contribution in [1.29, 1.82) is 0 Å². The van der Waals surface area contributed by atoms with Gasteiger partial charge in [0.1, 0.15) is 18.2 Å². The average Bonchev–Trinajstić information content (AvgIpc) is 3.17. The molecule has 0 radical (unpaired) electrons. The summed E-state index contributed by atoms with van der Waals surface area (Å²) >= 11 is 0. The van der Waals surface area contributed by atoms with Gasteiger partial charge in [-0.25, -0.2) is 4.98 Å². The van der Waals surface area contributed by atoms with Crippen molar-refractivity contribution >= 4 is 12.0 Å². The topological polar surface area (TPSA) is 63.7 Å². The predicted octanol–water partition coefficient (Wildman–Crippen LogP) is 3.83. The summed E-state index contributed by atoms with van der Waals surface area (Å²) in [5.74, 6) is 1.64. The summed E-state index contributed by atoms with van der Waals surface area (Å²) in [7, 11) is 0. The zero-order chi connectivity index (χ0) is 18.5. The van der Waals surface area contributed by atoms with E-state index in [0.717, 1.165) is 30.0 Å². The number of hydrazone groups is 1. The molecule has 1 unspecified atom stereocenters. The number of rotatable bonds is 6. The molecule has 5 nitrogen and oxygen atoms in total. The first-order valence-electron chi connectivity index (χ1n) is 9.03. The smallest absolute Gasteiger partial charge is 0.127 e. The second-order valence-electron chi connectivity index (χ2n) is 6.61. The zero-order valence-corrected chi connectivity index (χ0v) is 15.0. The van der Waals surface area contributed by atoms with Crippen LogP contribution in [0.15, 0.2) is 78.0 Å². The first kappa shape index (κ1) is 17.1. The van der Waals surface area contributed by atoms with E-state index in [4.69, 9.17) is 10.5 Å².